The van der Waals surface area contributed by atoms with Crippen molar-refractivity contribution in [3.63, 3.8) is 0 Å². The number of carbonyl (C=O) groups is 3. The van der Waals surface area contributed by atoms with E-state index in [9.17, 15) is 24.3 Å². The molecular weight excluding hydrogens is 968 g/mol. The second kappa shape index (κ2) is 20.5. The van der Waals surface area contributed by atoms with E-state index >= 15 is 0 Å². The number of hydrogen-bond donors (Lipinski definition) is 3. The van der Waals surface area contributed by atoms with Gasteiger partial charge in [-0.25, -0.2) is 4.98 Å². The lowest BCUT2D eigenvalue weighted by Gasteiger charge is -2.49. The van der Waals surface area contributed by atoms with E-state index in [2.05, 4.69) is 48.2 Å². The highest BCUT2D eigenvalue weighted by atomic mass is 35.5. The summed E-state index contributed by atoms with van der Waals surface area (Å²) in [5.41, 5.74) is 8.51. The molecule has 3 aromatic carbocycles. The lowest BCUT2D eigenvalue weighted by molar-refractivity contribution is -0.145. The summed E-state index contributed by atoms with van der Waals surface area (Å²) in [4.78, 5) is 72.8. The van der Waals surface area contributed by atoms with Crippen LogP contribution in [0.3, 0.4) is 0 Å². The number of hydrogen-bond acceptors (Lipinski definition) is 10. The molecule has 15 heteroatoms. The number of β-amino-alcohol motifs (C(OH)–C–C–N with tert-alkyl or cyclic N) is 1. The molecule has 2 aromatic heterocycles. The number of amides is 3. The SMILES string of the molecule is Cc1ncsc1-c1ccc([C@H](C)NC(=O)[C@@H]2C[C@@H](O)CN2C(=O)[C@@H](NC(=O)C2CCC(CN3CC(N4CCC(c5ccc6c(c5)C5(CCCCC5)c5nc(=O)c7c(Cl)cccc7n5-6)CC4)C3)CC2)C(C)(C)C)cc1. The first-order valence-corrected chi connectivity index (χ1v) is 28.7. The summed E-state index contributed by atoms with van der Waals surface area (Å²) in [6.45, 7) is 15.2. The molecule has 3 N–H and O–H groups in total. The molecule has 1 spiro atoms. The molecule has 392 valence electrons. The van der Waals surface area contributed by atoms with Crippen LogP contribution in [-0.2, 0) is 19.8 Å². The van der Waals surface area contributed by atoms with Gasteiger partial charge >= 0.3 is 0 Å². The summed E-state index contributed by atoms with van der Waals surface area (Å²) >= 11 is 8.20. The van der Waals surface area contributed by atoms with Gasteiger partial charge in [-0.05, 0) is 136 Å². The molecule has 0 unspecified atom stereocenters. The van der Waals surface area contributed by atoms with Crippen LogP contribution in [0.1, 0.15) is 145 Å². The Hall–Kier alpha value is -4.99. The highest BCUT2D eigenvalue weighted by molar-refractivity contribution is 7.13. The van der Waals surface area contributed by atoms with Crippen LogP contribution in [-0.4, -0.2) is 116 Å². The molecule has 11 rings (SSSR count). The minimum atomic E-state index is -0.844. The Balaban J connectivity index is 0.647. The Kier molecular flexibility index (Phi) is 14.2. The topological polar surface area (TPSA) is 153 Å². The second-order valence-electron chi connectivity index (χ2n) is 23.9. The fraction of sp³-hybridized carbons (Fsp3) is 0.559. The zero-order valence-corrected chi connectivity index (χ0v) is 45.3. The van der Waals surface area contributed by atoms with Crippen molar-refractivity contribution >= 4 is 51.6 Å². The molecule has 3 saturated heterocycles. The fourth-order valence-corrected chi connectivity index (χ4v) is 14.8. The van der Waals surface area contributed by atoms with E-state index in [-0.39, 0.29) is 53.6 Å². The predicted molar refractivity (Wildman–Crippen MR) is 292 cm³/mol. The number of likely N-dealkylation sites (tertiary alicyclic amines) is 3. The van der Waals surface area contributed by atoms with Gasteiger partial charge in [-0.2, -0.15) is 4.98 Å². The number of benzene rings is 3. The molecule has 13 nitrogen and oxygen atoms in total. The van der Waals surface area contributed by atoms with E-state index in [4.69, 9.17) is 16.6 Å². The van der Waals surface area contributed by atoms with Crippen LogP contribution in [0.25, 0.3) is 27.0 Å². The molecule has 5 fully saturated rings. The second-order valence-corrected chi connectivity index (χ2v) is 25.1. The number of piperidine rings is 1. The normalized spacial score (nSPS) is 24.3. The highest BCUT2D eigenvalue weighted by Crippen LogP contribution is 2.52. The third-order valence-electron chi connectivity index (χ3n) is 18.0. The molecule has 3 amide bonds. The molecule has 4 aliphatic heterocycles. The monoisotopic (exact) mass is 1040 g/mol. The van der Waals surface area contributed by atoms with Crippen molar-refractivity contribution in [1.82, 2.24) is 39.9 Å². The highest BCUT2D eigenvalue weighted by Gasteiger charge is 2.48. The summed E-state index contributed by atoms with van der Waals surface area (Å²) in [5, 5.41) is 18.0. The lowest BCUT2D eigenvalue weighted by Crippen LogP contribution is -2.61. The van der Waals surface area contributed by atoms with Crippen LogP contribution in [0.5, 0.6) is 0 Å². The Morgan fingerprint density at radius 1 is 0.905 bits per heavy atom. The number of rotatable bonds is 11. The number of aromatic nitrogens is 3. The molecule has 2 saturated carbocycles. The van der Waals surface area contributed by atoms with Crippen molar-refractivity contribution in [3.05, 3.63) is 110 Å². The number of thiazole rings is 1. The molecule has 0 radical (unpaired) electrons. The van der Waals surface area contributed by atoms with Gasteiger partial charge in [0.05, 0.1) is 55.3 Å². The van der Waals surface area contributed by atoms with Crippen LogP contribution in [0, 0.1) is 24.2 Å². The van der Waals surface area contributed by atoms with Crippen LogP contribution in [0.4, 0.5) is 0 Å². The minimum absolute atomic E-state index is 0.0437. The van der Waals surface area contributed by atoms with Crippen molar-refractivity contribution < 1.29 is 19.5 Å². The summed E-state index contributed by atoms with van der Waals surface area (Å²) in [7, 11) is 0. The van der Waals surface area contributed by atoms with Gasteiger partial charge in [-0.3, -0.25) is 33.5 Å². The predicted octanol–water partition coefficient (Wildman–Crippen LogP) is 9.07. The number of aliphatic hydroxyl groups is 1. The molecule has 2 aliphatic carbocycles. The van der Waals surface area contributed by atoms with Gasteiger partial charge in [0.1, 0.15) is 17.9 Å². The van der Waals surface area contributed by atoms with Gasteiger partial charge in [-0.1, -0.05) is 94.1 Å². The van der Waals surface area contributed by atoms with Crippen molar-refractivity contribution in [3.8, 4) is 16.1 Å². The number of aryl methyl sites for hydroxylation is 1. The van der Waals surface area contributed by atoms with Gasteiger partial charge in [0.25, 0.3) is 5.56 Å². The summed E-state index contributed by atoms with van der Waals surface area (Å²) in [6.07, 6.45) is 10.6. The zero-order valence-electron chi connectivity index (χ0n) is 43.7. The smallest absolute Gasteiger partial charge is 0.282 e. The fourth-order valence-electron chi connectivity index (χ4n) is 13.7. The number of halogens is 1. The van der Waals surface area contributed by atoms with Gasteiger partial charge in [0.2, 0.25) is 17.7 Å². The minimum Gasteiger partial charge on any atom is -0.391 e. The Bertz CT molecular complexity index is 2980. The quantitative estimate of drug-likeness (QED) is 0.118. The molecule has 74 heavy (non-hydrogen) atoms. The zero-order chi connectivity index (χ0) is 51.6. The summed E-state index contributed by atoms with van der Waals surface area (Å²) < 4.78 is 2.24. The first kappa shape index (κ1) is 51.1. The third-order valence-corrected chi connectivity index (χ3v) is 19.3. The summed E-state index contributed by atoms with van der Waals surface area (Å²) in [5.74, 6) is 1.04. The number of carbonyl (C=O) groups excluding carboxylic acids is 3. The molecule has 0 bridgehead atoms. The number of nitrogens with zero attached hydrogens (tertiary/aromatic N) is 6. The first-order chi connectivity index (χ1) is 35.6. The Labute approximate surface area is 444 Å². The van der Waals surface area contributed by atoms with Gasteiger partial charge in [0.15, 0.2) is 0 Å². The van der Waals surface area contributed by atoms with Crippen LogP contribution in [0.2, 0.25) is 5.02 Å². The summed E-state index contributed by atoms with van der Waals surface area (Å²) in [6, 6.07) is 19.5. The van der Waals surface area contributed by atoms with Crippen LogP contribution >= 0.6 is 22.9 Å². The largest absolute Gasteiger partial charge is 0.391 e. The Morgan fingerprint density at radius 2 is 1.64 bits per heavy atom. The van der Waals surface area contributed by atoms with Crippen molar-refractivity contribution in [2.24, 2.45) is 17.3 Å². The number of aliphatic hydroxyl groups excluding tert-OH is 1. The van der Waals surface area contributed by atoms with E-state index in [0.29, 0.717) is 28.3 Å². The number of nitrogens with one attached hydrogen (secondary N) is 2. The first-order valence-electron chi connectivity index (χ1n) is 27.5. The Morgan fingerprint density at radius 3 is 2.32 bits per heavy atom. The average Bonchev–Trinajstić information content (AvgIpc) is 4.07. The van der Waals surface area contributed by atoms with Crippen molar-refractivity contribution in [1.29, 1.82) is 0 Å². The van der Waals surface area contributed by atoms with E-state index in [0.717, 1.165) is 136 Å². The van der Waals surface area contributed by atoms with Crippen molar-refractivity contribution in [2.75, 3.05) is 39.3 Å². The lowest BCUT2D eigenvalue weighted by atomic mass is 9.69. The maximum absolute atomic E-state index is 14.4. The number of fused-ring (bicyclic) bond motifs is 7. The van der Waals surface area contributed by atoms with E-state index in [1.807, 2.05) is 76.5 Å². The molecule has 6 aliphatic rings. The van der Waals surface area contributed by atoms with E-state index < -0.39 is 23.6 Å². The standard InChI is InChI=1S/C59H73ClN8O5S/c1-35(38-16-18-40(19-17-38)51-36(2)61-34-74-51)62-54(71)49-29-44(69)33-67(49)56(73)52(58(3,4)5)63-53(70)41-14-12-37(13-15-41)30-65-31-43(32-65)66-26-22-39(23-27-66)42-20-21-47-45(28-42)59(24-7-6-8-25-59)57-64-55(72)50-46(60)10-9-11-48(50)68(47)57/h9-11,16-21,28,34-35,37,39,41,43-44,49,52,69H,6-8,12-15,22-27,29-33H2,1-5H3,(H,62,71)(H,63,70)/t35-,37?,41?,44+,49-,52+/m0/s1. The third kappa shape index (κ3) is 9.64. The van der Waals surface area contributed by atoms with Crippen LogP contribution in [0.15, 0.2) is 71.0 Å². The maximum Gasteiger partial charge on any atom is 0.282 e. The van der Waals surface area contributed by atoms with E-state index in [1.54, 1.807) is 17.4 Å². The van der Waals surface area contributed by atoms with Crippen LogP contribution < -0.4 is 16.2 Å². The molecule has 4 atom stereocenters. The van der Waals surface area contributed by atoms with Gasteiger partial charge < -0.3 is 20.6 Å². The maximum atomic E-state index is 14.4. The molecule has 5 aromatic rings. The van der Waals surface area contributed by atoms with E-state index in [1.165, 1.54) is 22.4 Å². The van der Waals surface area contributed by atoms with Gasteiger partial charge in [0, 0.05) is 44.6 Å². The average molecular weight is 1040 g/mol. The van der Waals surface area contributed by atoms with Gasteiger partial charge in [-0.15, -0.1) is 11.3 Å². The van der Waals surface area contributed by atoms with Crippen molar-refractivity contribution in [2.45, 2.75) is 153 Å². The molecule has 6 heterocycles. The molecular formula is C59H73ClN8O5S.